The Morgan fingerprint density at radius 1 is 0.917 bits per heavy atom. The lowest BCUT2D eigenvalue weighted by atomic mass is 9.93. The first kappa shape index (κ1) is 16.1. The van der Waals surface area contributed by atoms with Crippen LogP contribution < -0.4 is 0 Å². The van der Waals surface area contributed by atoms with E-state index in [4.69, 9.17) is 21.1 Å². The molecule has 4 rings (SSSR count). The van der Waals surface area contributed by atoms with Crippen LogP contribution in [0.4, 0.5) is 0 Å². The molecule has 0 bridgehead atoms. The van der Waals surface area contributed by atoms with E-state index < -0.39 is 0 Å². The second-order valence-electron chi connectivity index (χ2n) is 6.30. The number of rotatable bonds is 4. The molecule has 5 heteroatoms. The summed E-state index contributed by atoms with van der Waals surface area (Å²) in [6.45, 7) is 2.66. The first-order valence-electron chi connectivity index (χ1n) is 8.21. The smallest absolute Gasteiger partial charge is 0.184 e. The van der Waals surface area contributed by atoms with Gasteiger partial charge in [0.1, 0.15) is 0 Å². The zero-order valence-corrected chi connectivity index (χ0v) is 14.0. The molecule has 0 aliphatic carbocycles. The van der Waals surface area contributed by atoms with Gasteiger partial charge in [-0.2, -0.15) is 0 Å². The molecule has 2 aliphatic heterocycles. The van der Waals surface area contributed by atoms with Gasteiger partial charge in [-0.3, -0.25) is 4.90 Å². The number of aliphatic hydroxyl groups is 1. The lowest BCUT2D eigenvalue weighted by Crippen LogP contribution is -2.52. The van der Waals surface area contributed by atoms with Crippen LogP contribution in [-0.2, 0) is 9.47 Å². The molecule has 1 N–H and O–H groups in total. The van der Waals surface area contributed by atoms with Crippen LogP contribution in [0.2, 0.25) is 5.02 Å². The fourth-order valence-electron chi connectivity index (χ4n) is 3.34. The molecule has 1 atom stereocenters. The summed E-state index contributed by atoms with van der Waals surface area (Å²) in [6.07, 6.45) is -0.488. The second-order valence-corrected chi connectivity index (χ2v) is 6.74. The van der Waals surface area contributed by atoms with E-state index in [9.17, 15) is 5.11 Å². The van der Waals surface area contributed by atoms with Crippen molar-refractivity contribution in [3.05, 3.63) is 70.2 Å². The Morgan fingerprint density at radius 3 is 2.00 bits per heavy atom. The van der Waals surface area contributed by atoms with E-state index >= 15 is 0 Å². The van der Waals surface area contributed by atoms with E-state index in [-0.39, 0.29) is 18.4 Å². The van der Waals surface area contributed by atoms with Crippen molar-refractivity contribution in [2.45, 2.75) is 18.4 Å². The van der Waals surface area contributed by atoms with Crippen molar-refractivity contribution in [3.63, 3.8) is 0 Å². The average Bonchev–Trinajstić information content (AvgIpc) is 3.10. The maximum atomic E-state index is 9.70. The molecule has 126 valence electrons. The molecule has 2 aromatic rings. The highest BCUT2D eigenvalue weighted by Crippen LogP contribution is 2.34. The van der Waals surface area contributed by atoms with Gasteiger partial charge in [-0.05, 0) is 23.3 Å². The van der Waals surface area contributed by atoms with Crippen LogP contribution in [-0.4, -0.2) is 42.4 Å². The Hall–Kier alpha value is -1.43. The summed E-state index contributed by atoms with van der Waals surface area (Å²) in [4.78, 5) is 2.27. The molecule has 0 saturated carbocycles. The van der Waals surface area contributed by atoms with Gasteiger partial charge in [0.05, 0.1) is 25.4 Å². The first-order chi connectivity index (χ1) is 11.7. The quantitative estimate of drug-likeness (QED) is 0.924. The number of hydrogen-bond donors (Lipinski definition) is 1. The van der Waals surface area contributed by atoms with Gasteiger partial charge >= 0.3 is 0 Å². The van der Waals surface area contributed by atoms with Gasteiger partial charge in [0, 0.05) is 23.7 Å². The van der Waals surface area contributed by atoms with Crippen molar-refractivity contribution in [1.29, 1.82) is 0 Å². The zero-order valence-electron chi connectivity index (χ0n) is 13.3. The molecule has 0 spiro atoms. The standard InChI is InChI=1S/C19H20ClNO3/c20-16-7-5-14(6-8-16)18(21-11-17(22)12-21)13-1-3-15(4-2-13)19-23-9-10-24-19/h1-8,17-19,22H,9-12H2. The fourth-order valence-corrected chi connectivity index (χ4v) is 3.47. The van der Waals surface area contributed by atoms with Crippen LogP contribution in [0.1, 0.15) is 29.0 Å². The monoisotopic (exact) mass is 345 g/mol. The van der Waals surface area contributed by atoms with Gasteiger partial charge < -0.3 is 14.6 Å². The summed E-state index contributed by atoms with van der Waals surface area (Å²) >= 11 is 6.03. The van der Waals surface area contributed by atoms with Gasteiger partial charge in [0.25, 0.3) is 0 Å². The van der Waals surface area contributed by atoms with Crippen molar-refractivity contribution < 1.29 is 14.6 Å². The third-order valence-corrected chi connectivity index (χ3v) is 4.84. The molecule has 24 heavy (non-hydrogen) atoms. The molecule has 2 aromatic carbocycles. The number of aliphatic hydroxyl groups excluding tert-OH is 1. The van der Waals surface area contributed by atoms with E-state index in [2.05, 4.69) is 41.3 Å². The minimum atomic E-state index is -0.251. The number of β-amino-alcohol motifs (C(OH)–C–C–N with tert-alkyl or cyclic N) is 1. The topological polar surface area (TPSA) is 41.9 Å². The molecule has 2 heterocycles. The molecular formula is C19H20ClNO3. The predicted octanol–water partition coefficient (Wildman–Crippen LogP) is 3.15. The molecular weight excluding hydrogens is 326 g/mol. The second kappa shape index (κ2) is 6.82. The molecule has 4 nitrogen and oxygen atoms in total. The van der Waals surface area contributed by atoms with Gasteiger partial charge in [-0.15, -0.1) is 0 Å². The van der Waals surface area contributed by atoms with Crippen LogP contribution in [0, 0.1) is 0 Å². The predicted molar refractivity (Wildman–Crippen MR) is 92.0 cm³/mol. The summed E-state index contributed by atoms with van der Waals surface area (Å²) in [5, 5.41) is 10.4. The van der Waals surface area contributed by atoms with E-state index in [1.54, 1.807) is 0 Å². The molecule has 2 aliphatic rings. The molecule has 2 fully saturated rings. The lowest BCUT2D eigenvalue weighted by Gasteiger charge is -2.42. The lowest BCUT2D eigenvalue weighted by molar-refractivity contribution is -0.0441. The molecule has 0 aromatic heterocycles. The highest BCUT2D eigenvalue weighted by atomic mass is 35.5. The molecule has 2 saturated heterocycles. The van der Waals surface area contributed by atoms with E-state index in [0.717, 1.165) is 10.6 Å². The van der Waals surface area contributed by atoms with Crippen molar-refractivity contribution in [2.75, 3.05) is 26.3 Å². The average molecular weight is 346 g/mol. The largest absolute Gasteiger partial charge is 0.390 e. The molecule has 0 amide bonds. The zero-order chi connectivity index (χ0) is 16.5. The van der Waals surface area contributed by atoms with Crippen LogP contribution in [0.3, 0.4) is 0 Å². The summed E-state index contributed by atoms with van der Waals surface area (Å²) < 4.78 is 11.1. The summed E-state index contributed by atoms with van der Waals surface area (Å²) in [5.74, 6) is 0. The first-order valence-corrected chi connectivity index (χ1v) is 8.59. The number of hydrogen-bond acceptors (Lipinski definition) is 4. The normalized spacial score (nSPS) is 20.9. The van der Waals surface area contributed by atoms with Crippen molar-refractivity contribution in [1.82, 2.24) is 4.90 Å². The van der Waals surface area contributed by atoms with Crippen LogP contribution in [0.5, 0.6) is 0 Å². The van der Waals surface area contributed by atoms with Gasteiger partial charge in [0.2, 0.25) is 0 Å². The maximum Gasteiger partial charge on any atom is 0.184 e. The minimum Gasteiger partial charge on any atom is -0.390 e. The van der Waals surface area contributed by atoms with Gasteiger partial charge in [-0.25, -0.2) is 0 Å². The van der Waals surface area contributed by atoms with Crippen molar-refractivity contribution >= 4 is 11.6 Å². The Labute approximate surface area is 146 Å². The summed E-state index contributed by atoms with van der Waals surface area (Å²) in [6, 6.07) is 16.4. The number of ether oxygens (including phenoxy) is 2. The van der Waals surface area contributed by atoms with E-state index in [0.29, 0.717) is 26.3 Å². The van der Waals surface area contributed by atoms with Gasteiger partial charge in [-0.1, -0.05) is 48.0 Å². The van der Waals surface area contributed by atoms with Crippen molar-refractivity contribution in [2.24, 2.45) is 0 Å². The Bertz CT molecular complexity index is 677. The third-order valence-electron chi connectivity index (χ3n) is 4.59. The summed E-state index contributed by atoms with van der Waals surface area (Å²) in [5.41, 5.74) is 3.40. The summed E-state index contributed by atoms with van der Waals surface area (Å²) in [7, 11) is 0. The maximum absolute atomic E-state index is 9.70. The minimum absolute atomic E-state index is 0.116. The number of benzene rings is 2. The van der Waals surface area contributed by atoms with E-state index in [1.165, 1.54) is 11.1 Å². The Balaban J connectivity index is 1.61. The van der Waals surface area contributed by atoms with Gasteiger partial charge in [0.15, 0.2) is 6.29 Å². The number of halogens is 1. The van der Waals surface area contributed by atoms with Crippen LogP contribution in [0.25, 0.3) is 0 Å². The fraction of sp³-hybridized carbons (Fsp3) is 0.368. The van der Waals surface area contributed by atoms with E-state index in [1.807, 2.05) is 12.1 Å². The highest BCUT2D eigenvalue weighted by Gasteiger charge is 2.33. The third kappa shape index (κ3) is 3.21. The molecule has 0 radical (unpaired) electrons. The highest BCUT2D eigenvalue weighted by molar-refractivity contribution is 6.30. The van der Waals surface area contributed by atoms with Crippen molar-refractivity contribution in [3.8, 4) is 0 Å². The number of likely N-dealkylation sites (tertiary alicyclic amines) is 1. The van der Waals surface area contributed by atoms with Crippen LogP contribution >= 0.6 is 11.6 Å². The Kier molecular flexibility index (Phi) is 4.57. The SMILES string of the molecule is OC1CN(C(c2ccc(Cl)cc2)c2ccc(C3OCCO3)cc2)C1. The molecule has 1 unspecified atom stereocenters. The van der Waals surface area contributed by atoms with Crippen LogP contribution in [0.15, 0.2) is 48.5 Å². The Morgan fingerprint density at radius 2 is 1.46 bits per heavy atom. The number of nitrogens with zero attached hydrogens (tertiary/aromatic N) is 1.